The standard InChI is InChI=1S/C13H10BrNO3S/c14-11-5-9(6-15-7-11)8-19(18)12-3-1-10(2-4-12)13(16)17/h1-7H,8H2,(H,16,17). The Balaban J connectivity index is 2.14. The summed E-state index contributed by atoms with van der Waals surface area (Å²) in [5.41, 5.74) is 1.04. The van der Waals surface area contributed by atoms with E-state index in [2.05, 4.69) is 20.9 Å². The van der Waals surface area contributed by atoms with Crippen LogP contribution in [0.1, 0.15) is 15.9 Å². The van der Waals surface area contributed by atoms with Crippen LogP contribution in [0, 0.1) is 0 Å². The first-order valence-corrected chi connectivity index (χ1v) is 7.48. The molecule has 0 spiro atoms. The Morgan fingerprint density at radius 3 is 2.53 bits per heavy atom. The zero-order valence-electron chi connectivity index (χ0n) is 9.75. The van der Waals surface area contributed by atoms with E-state index in [0.29, 0.717) is 10.6 Å². The summed E-state index contributed by atoms with van der Waals surface area (Å²) in [5.74, 6) is -0.646. The second kappa shape index (κ2) is 6.08. The molecule has 0 fully saturated rings. The molecule has 19 heavy (non-hydrogen) atoms. The first-order chi connectivity index (χ1) is 9.06. The Morgan fingerprint density at radius 1 is 1.26 bits per heavy atom. The van der Waals surface area contributed by atoms with Gasteiger partial charge in [0.25, 0.3) is 0 Å². The van der Waals surface area contributed by atoms with E-state index in [4.69, 9.17) is 5.11 Å². The smallest absolute Gasteiger partial charge is 0.335 e. The highest BCUT2D eigenvalue weighted by Crippen LogP contribution is 2.16. The summed E-state index contributed by atoms with van der Waals surface area (Å²) in [5, 5.41) is 8.79. The molecule has 1 N–H and O–H groups in total. The molecule has 1 atom stereocenters. The molecule has 0 saturated heterocycles. The summed E-state index contributed by atoms with van der Waals surface area (Å²) in [4.78, 5) is 15.3. The van der Waals surface area contributed by atoms with Crippen LogP contribution in [0.25, 0.3) is 0 Å². The van der Waals surface area contributed by atoms with E-state index in [1.165, 1.54) is 12.1 Å². The van der Waals surface area contributed by atoms with E-state index in [1.807, 2.05) is 6.07 Å². The molecule has 0 bridgehead atoms. The summed E-state index contributed by atoms with van der Waals surface area (Å²) < 4.78 is 13.0. The first-order valence-electron chi connectivity index (χ1n) is 5.37. The fourth-order valence-electron chi connectivity index (χ4n) is 1.52. The number of rotatable bonds is 4. The minimum absolute atomic E-state index is 0.185. The zero-order chi connectivity index (χ0) is 13.8. The van der Waals surface area contributed by atoms with E-state index in [0.717, 1.165) is 10.0 Å². The van der Waals surface area contributed by atoms with Gasteiger partial charge in [-0.15, -0.1) is 0 Å². The molecule has 0 aliphatic carbocycles. The van der Waals surface area contributed by atoms with Gasteiger partial charge < -0.3 is 5.11 Å². The summed E-state index contributed by atoms with van der Waals surface area (Å²) in [6.07, 6.45) is 3.32. The predicted octanol–water partition coefficient (Wildman–Crippen LogP) is 2.85. The van der Waals surface area contributed by atoms with Crippen molar-refractivity contribution < 1.29 is 14.1 Å². The quantitative estimate of drug-likeness (QED) is 0.929. The number of aromatic nitrogens is 1. The molecule has 0 amide bonds. The lowest BCUT2D eigenvalue weighted by molar-refractivity contribution is 0.0697. The number of hydrogen-bond acceptors (Lipinski definition) is 3. The highest BCUT2D eigenvalue weighted by Gasteiger charge is 2.08. The maximum absolute atomic E-state index is 12.1. The Hall–Kier alpha value is -1.53. The molecular weight excluding hydrogens is 330 g/mol. The van der Waals surface area contributed by atoms with Gasteiger partial charge in [0.2, 0.25) is 0 Å². The number of aromatic carboxylic acids is 1. The average Bonchev–Trinajstić information content (AvgIpc) is 2.39. The Labute approximate surface area is 121 Å². The van der Waals surface area contributed by atoms with E-state index in [-0.39, 0.29) is 5.56 Å². The van der Waals surface area contributed by atoms with Crippen molar-refractivity contribution in [2.24, 2.45) is 0 Å². The third-order valence-electron chi connectivity index (χ3n) is 2.42. The zero-order valence-corrected chi connectivity index (χ0v) is 12.1. The maximum Gasteiger partial charge on any atom is 0.335 e. The van der Waals surface area contributed by atoms with Crippen LogP contribution in [0.3, 0.4) is 0 Å². The molecule has 0 saturated carbocycles. The third-order valence-corrected chi connectivity index (χ3v) is 4.25. The second-order valence-electron chi connectivity index (χ2n) is 3.83. The van der Waals surface area contributed by atoms with Crippen molar-refractivity contribution in [1.82, 2.24) is 4.98 Å². The molecule has 2 aromatic rings. The third kappa shape index (κ3) is 3.71. The lowest BCUT2D eigenvalue weighted by atomic mass is 10.2. The molecule has 6 heteroatoms. The predicted molar refractivity (Wildman–Crippen MR) is 75.5 cm³/mol. The molecule has 2 rings (SSSR count). The number of nitrogens with zero attached hydrogens (tertiary/aromatic N) is 1. The summed E-state index contributed by atoms with van der Waals surface area (Å²) in [6, 6.07) is 7.91. The average molecular weight is 340 g/mol. The van der Waals surface area contributed by atoms with Crippen molar-refractivity contribution in [3.05, 3.63) is 58.3 Å². The summed E-state index contributed by atoms with van der Waals surface area (Å²) in [6.45, 7) is 0. The second-order valence-corrected chi connectivity index (χ2v) is 6.20. The fraction of sp³-hybridized carbons (Fsp3) is 0.0769. The molecule has 1 aromatic heterocycles. The molecule has 98 valence electrons. The van der Waals surface area contributed by atoms with E-state index in [9.17, 15) is 9.00 Å². The van der Waals surface area contributed by atoms with Crippen molar-refractivity contribution in [3.63, 3.8) is 0 Å². The van der Waals surface area contributed by atoms with E-state index in [1.54, 1.807) is 24.5 Å². The SMILES string of the molecule is O=C(O)c1ccc(S(=O)Cc2cncc(Br)c2)cc1. The van der Waals surface area contributed by atoms with Gasteiger partial charge in [-0.1, -0.05) is 0 Å². The van der Waals surface area contributed by atoms with Gasteiger partial charge >= 0.3 is 5.97 Å². The monoisotopic (exact) mass is 339 g/mol. The van der Waals surface area contributed by atoms with E-state index >= 15 is 0 Å². The summed E-state index contributed by atoms with van der Waals surface area (Å²) in [7, 11) is -1.22. The Kier molecular flexibility index (Phi) is 4.44. The van der Waals surface area contributed by atoms with Gasteiger partial charge in [-0.3, -0.25) is 9.19 Å². The number of halogens is 1. The van der Waals surface area contributed by atoms with Crippen LogP contribution in [0.2, 0.25) is 0 Å². The van der Waals surface area contributed by atoms with Gasteiger partial charge in [0, 0.05) is 21.8 Å². The number of carboxylic acid groups (broad SMARTS) is 1. The molecule has 4 nitrogen and oxygen atoms in total. The number of hydrogen-bond donors (Lipinski definition) is 1. The van der Waals surface area contributed by atoms with Crippen LogP contribution in [-0.4, -0.2) is 20.3 Å². The number of carboxylic acids is 1. The lowest BCUT2D eigenvalue weighted by Gasteiger charge is -2.03. The van der Waals surface area contributed by atoms with Gasteiger partial charge in [-0.05, 0) is 51.8 Å². The molecule has 0 radical (unpaired) electrons. The van der Waals surface area contributed by atoms with Crippen LogP contribution < -0.4 is 0 Å². The molecule has 0 aliphatic heterocycles. The topological polar surface area (TPSA) is 67.3 Å². The normalized spacial score (nSPS) is 12.1. The molecule has 1 aromatic carbocycles. The van der Waals surface area contributed by atoms with Crippen LogP contribution in [0.15, 0.2) is 52.1 Å². The van der Waals surface area contributed by atoms with Crippen molar-refractivity contribution in [1.29, 1.82) is 0 Å². The molecular formula is C13H10BrNO3S. The fourth-order valence-corrected chi connectivity index (χ4v) is 3.00. The van der Waals surface area contributed by atoms with Crippen molar-refractivity contribution in [2.75, 3.05) is 0 Å². The largest absolute Gasteiger partial charge is 0.478 e. The van der Waals surface area contributed by atoms with Crippen LogP contribution in [-0.2, 0) is 16.6 Å². The van der Waals surface area contributed by atoms with Crippen molar-refractivity contribution >= 4 is 32.7 Å². The Morgan fingerprint density at radius 2 is 1.95 bits per heavy atom. The highest BCUT2D eigenvalue weighted by atomic mass is 79.9. The number of pyridine rings is 1. The molecule has 1 heterocycles. The Bertz CT molecular complexity index is 628. The van der Waals surface area contributed by atoms with Crippen LogP contribution in [0.5, 0.6) is 0 Å². The highest BCUT2D eigenvalue weighted by molar-refractivity contribution is 9.10. The number of carbonyl (C=O) groups is 1. The van der Waals surface area contributed by atoms with Crippen molar-refractivity contribution in [2.45, 2.75) is 10.6 Å². The van der Waals surface area contributed by atoms with Gasteiger partial charge in [-0.25, -0.2) is 4.79 Å². The first kappa shape index (κ1) is 13.9. The van der Waals surface area contributed by atoms with Crippen LogP contribution in [0.4, 0.5) is 0 Å². The lowest BCUT2D eigenvalue weighted by Crippen LogP contribution is -1.99. The van der Waals surface area contributed by atoms with E-state index < -0.39 is 16.8 Å². The van der Waals surface area contributed by atoms with Gasteiger partial charge in [0.1, 0.15) is 0 Å². The van der Waals surface area contributed by atoms with Gasteiger partial charge in [0.05, 0.1) is 22.1 Å². The minimum Gasteiger partial charge on any atom is -0.478 e. The minimum atomic E-state index is -1.22. The maximum atomic E-state index is 12.1. The molecule has 0 aliphatic rings. The van der Waals surface area contributed by atoms with Gasteiger partial charge in [0.15, 0.2) is 0 Å². The van der Waals surface area contributed by atoms with Crippen molar-refractivity contribution in [3.8, 4) is 0 Å². The summed E-state index contributed by atoms with van der Waals surface area (Å²) >= 11 is 3.31. The van der Waals surface area contributed by atoms with Crippen LogP contribution >= 0.6 is 15.9 Å². The molecule has 1 unspecified atom stereocenters. The number of benzene rings is 1. The van der Waals surface area contributed by atoms with Gasteiger partial charge in [-0.2, -0.15) is 0 Å².